The lowest BCUT2D eigenvalue weighted by atomic mass is 10.0. The van der Waals surface area contributed by atoms with Crippen LogP contribution >= 0.6 is 15.9 Å². The number of hydrogen-bond donors (Lipinski definition) is 1. The number of para-hydroxylation sites is 1. The molecule has 2 heterocycles. The van der Waals surface area contributed by atoms with Gasteiger partial charge in [-0.15, -0.1) is 0 Å². The van der Waals surface area contributed by atoms with Crippen LogP contribution in [0.1, 0.15) is 35.4 Å². The first kappa shape index (κ1) is 14.2. The molecule has 1 aromatic heterocycles. The van der Waals surface area contributed by atoms with E-state index in [-0.39, 0.29) is 11.9 Å². The zero-order chi connectivity index (χ0) is 14.8. The highest BCUT2D eigenvalue weighted by atomic mass is 79.9. The molecule has 0 spiro atoms. The van der Waals surface area contributed by atoms with E-state index >= 15 is 0 Å². The van der Waals surface area contributed by atoms with E-state index < -0.39 is 0 Å². The van der Waals surface area contributed by atoms with Crippen molar-refractivity contribution in [2.45, 2.75) is 25.9 Å². The number of hydrogen-bond acceptors (Lipinski definition) is 2. The maximum atomic E-state index is 12.5. The summed E-state index contributed by atoms with van der Waals surface area (Å²) in [6.45, 7) is 3.41. The molecule has 1 aliphatic rings. The van der Waals surface area contributed by atoms with Crippen molar-refractivity contribution in [2.24, 2.45) is 0 Å². The fourth-order valence-electron chi connectivity index (χ4n) is 2.65. The lowest BCUT2D eigenvalue weighted by Gasteiger charge is -2.26. The van der Waals surface area contributed by atoms with Gasteiger partial charge in [-0.25, -0.2) is 0 Å². The number of halogens is 1. The molecule has 5 heteroatoms. The van der Waals surface area contributed by atoms with Crippen molar-refractivity contribution >= 4 is 21.8 Å². The molecule has 2 aromatic rings. The Morgan fingerprint density at radius 1 is 1.48 bits per heavy atom. The molecule has 0 radical (unpaired) electrons. The zero-order valence-corrected chi connectivity index (χ0v) is 13.4. The highest BCUT2D eigenvalue weighted by molar-refractivity contribution is 9.10. The number of benzene rings is 1. The summed E-state index contributed by atoms with van der Waals surface area (Å²) in [5.41, 5.74) is 1.72. The van der Waals surface area contributed by atoms with Crippen LogP contribution in [-0.2, 0) is 6.54 Å². The van der Waals surface area contributed by atoms with E-state index in [0.717, 1.165) is 28.8 Å². The summed E-state index contributed by atoms with van der Waals surface area (Å²) in [5, 5.41) is 3.12. The van der Waals surface area contributed by atoms with Gasteiger partial charge in [-0.05, 0) is 35.0 Å². The van der Waals surface area contributed by atoms with Crippen LogP contribution in [0.5, 0.6) is 5.75 Å². The minimum Gasteiger partial charge on any atom is -0.493 e. The number of nitrogens with one attached hydrogen (secondary N) is 1. The van der Waals surface area contributed by atoms with E-state index in [0.29, 0.717) is 12.3 Å². The second-order valence-electron chi connectivity index (χ2n) is 5.03. The van der Waals surface area contributed by atoms with E-state index in [1.54, 1.807) is 0 Å². The summed E-state index contributed by atoms with van der Waals surface area (Å²) in [4.78, 5) is 12.5. The molecule has 0 bridgehead atoms. The molecule has 1 atom stereocenters. The summed E-state index contributed by atoms with van der Waals surface area (Å²) >= 11 is 3.42. The highest BCUT2D eigenvalue weighted by Crippen LogP contribution is 2.31. The monoisotopic (exact) mass is 348 g/mol. The third-order valence-corrected chi connectivity index (χ3v) is 4.13. The van der Waals surface area contributed by atoms with E-state index in [1.165, 1.54) is 0 Å². The number of nitrogens with zero attached hydrogens (tertiary/aromatic N) is 1. The van der Waals surface area contributed by atoms with Crippen LogP contribution in [0.15, 0.2) is 41.0 Å². The summed E-state index contributed by atoms with van der Waals surface area (Å²) in [5.74, 6) is 0.811. The van der Waals surface area contributed by atoms with Crippen LogP contribution in [0.25, 0.3) is 0 Å². The number of fused-ring (bicyclic) bond motifs is 1. The van der Waals surface area contributed by atoms with Gasteiger partial charge in [0.15, 0.2) is 0 Å². The summed E-state index contributed by atoms with van der Waals surface area (Å²) in [6.07, 6.45) is 2.71. The molecule has 1 N–H and O–H groups in total. The fraction of sp³-hybridized carbons (Fsp3) is 0.312. The van der Waals surface area contributed by atoms with E-state index in [2.05, 4.69) is 21.2 Å². The molecule has 110 valence electrons. The molecule has 0 fully saturated rings. The quantitative estimate of drug-likeness (QED) is 0.921. The van der Waals surface area contributed by atoms with Gasteiger partial charge in [-0.2, -0.15) is 0 Å². The summed E-state index contributed by atoms with van der Waals surface area (Å²) in [7, 11) is 0. The Bertz CT molecular complexity index is 666. The molecule has 3 rings (SSSR count). The maximum Gasteiger partial charge on any atom is 0.268 e. The van der Waals surface area contributed by atoms with E-state index in [4.69, 9.17) is 4.74 Å². The number of ether oxygens (including phenoxy) is 1. The third kappa shape index (κ3) is 2.83. The van der Waals surface area contributed by atoms with Crippen molar-refractivity contribution in [3.05, 3.63) is 52.3 Å². The number of aryl methyl sites for hydroxylation is 1. The maximum absolute atomic E-state index is 12.5. The Morgan fingerprint density at radius 3 is 3.10 bits per heavy atom. The number of rotatable bonds is 3. The third-order valence-electron chi connectivity index (χ3n) is 3.70. The average Bonchev–Trinajstić information content (AvgIpc) is 2.89. The van der Waals surface area contributed by atoms with Gasteiger partial charge in [0.05, 0.1) is 12.6 Å². The Balaban J connectivity index is 1.82. The Labute approximate surface area is 132 Å². The molecular formula is C16H17BrN2O2. The Kier molecular flexibility index (Phi) is 4.01. The van der Waals surface area contributed by atoms with Gasteiger partial charge in [0.2, 0.25) is 0 Å². The number of carbonyl (C=O) groups excluding carboxylic acids is 1. The van der Waals surface area contributed by atoms with Crippen LogP contribution < -0.4 is 10.1 Å². The first-order valence-corrected chi connectivity index (χ1v) is 7.86. The minimum absolute atomic E-state index is 0.00133. The number of aromatic nitrogens is 1. The topological polar surface area (TPSA) is 43.3 Å². The number of carbonyl (C=O) groups is 1. The summed E-state index contributed by atoms with van der Waals surface area (Å²) in [6, 6.07) is 9.72. The van der Waals surface area contributed by atoms with Crippen LogP contribution in [0.3, 0.4) is 0 Å². The van der Waals surface area contributed by atoms with Gasteiger partial charge >= 0.3 is 0 Å². The standard InChI is InChI=1S/C16H17BrN2O2/c1-2-19-10-11(17)9-14(19)16(20)18-13-7-8-21-15-6-4-3-5-12(13)15/h3-6,9-10,13H,2,7-8H2,1H3,(H,18,20)/t13-/m1/s1. The molecule has 0 saturated heterocycles. The van der Waals surface area contributed by atoms with Crippen molar-refractivity contribution in [3.63, 3.8) is 0 Å². The molecule has 1 aliphatic heterocycles. The van der Waals surface area contributed by atoms with E-state index in [9.17, 15) is 4.79 Å². The van der Waals surface area contributed by atoms with Gasteiger partial charge in [-0.1, -0.05) is 18.2 Å². The lowest BCUT2D eigenvalue weighted by Crippen LogP contribution is -2.33. The van der Waals surface area contributed by atoms with Crippen molar-refractivity contribution in [2.75, 3.05) is 6.61 Å². The second-order valence-corrected chi connectivity index (χ2v) is 5.95. The van der Waals surface area contributed by atoms with Gasteiger partial charge in [0, 0.05) is 29.2 Å². The average molecular weight is 349 g/mol. The molecule has 4 nitrogen and oxygen atoms in total. The Morgan fingerprint density at radius 2 is 2.29 bits per heavy atom. The molecule has 1 aromatic carbocycles. The van der Waals surface area contributed by atoms with Crippen molar-refractivity contribution in [1.82, 2.24) is 9.88 Å². The van der Waals surface area contributed by atoms with Crippen LogP contribution in [0.4, 0.5) is 0 Å². The van der Waals surface area contributed by atoms with Crippen molar-refractivity contribution < 1.29 is 9.53 Å². The first-order chi connectivity index (χ1) is 10.2. The molecule has 1 amide bonds. The van der Waals surface area contributed by atoms with Gasteiger partial charge in [-0.3, -0.25) is 4.79 Å². The highest BCUT2D eigenvalue weighted by Gasteiger charge is 2.24. The van der Waals surface area contributed by atoms with Gasteiger partial charge in [0.25, 0.3) is 5.91 Å². The number of amides is 1. The molecule has 21 heavy (non-hydrogen) atoms. The Hall–Kier alpha value is -1.75. The minimum atomic E-state index is -0.0516. The van der Waals surface area contributed by atoms with Crippen LogP contribution in [0, 0.1) is 0 Å². The second kappa shape index (κ2) is 5.93. The normalized spacial score (nSPS) is 17.0. The smallest absolute Gasteiger partial charge is 0.268 e. The van der Waals surface area contributed by atoms with Crippen LogP contribution in [0.2, 0.25) is 0 Å². The summed E-state index contributed by atoms with van der Waals surface area (Å²) < 4.78 is 8.48. The predicted molar refractivity (Wildman–Crippen MR) is 84.6 cm³/mol. The predicted octanol–water partition coefficient (Wildman–Crippen LogP) is 3.52. The fourth-order valence-corrected chi connectivity index (χ4v) is 3.12. The molecule has 0 unspecified atom stereocenters. The van der Waals surface area contributed by atoms with Crippen molar-refractivity contribution in [3.8, 4) is 5.75 Å². The van der Waals surface area contributed by atoms with Gasteiger partial charge in [0.1, 0.15) is 11.4 Å². The molecule has 0 aliphatic carbocycles. The SMILES string of the molecule is CCn1cc(Br)cc1C(=O)N[C@@H]1CCOc2ccccc21. The lowest BCUT2D eigenvalue weighted by molar-refractivity contribution is 0.0915. The van der Waals surface area contributed by atoms with E-state index in [1.807, 2.05) is 48.0 Å². The molecular weight excluding hydrogens is 332 g/mol. The first-order valence-electron chi connectivity index (χ1n) is 7.07. The van der Waals surface area contributed by atoms with Crippen molar-refractivity contribution in [1.29, 1.82) is 0 Å². The van der Waals surface area contributed by atoms with Gasteiger partial charge < -0.3 is 14.6 Å². The zero-order valence-electron chi connectivity index (χ0n) is 11.8. The molecule has 0 saturated carbocycles. The van der Waals surface area contributed by atoms with Crippen LogP contribution in [-0.4, -0.2) is 17.1 Å². The largest absolute Gasteiger partial charge is 0.493 e.